The molecule has 2 aliphatic rings. The van der Waals surface area contributed by atoms with Crippen molar-refractivity contribution in [3.63, 3.8) is 0 Å². The molecule has 2 aliphatic heterocycles. The molecule has 116 valence electrons. The van der Waals surface area contributed by atoms with Gasteiger partial charge in [0.15, 0.2) is 0 Å². The van der Waals surface area contributed by atoms with Crippen LogP contribution in [0.1, 0.15) is 30.2 Å². The van der Waals surface area contributed by atoms with E-state index in [0.29, 0.717) is 11.8 Å². The first kappa shape index (κ1) is 13.9. The number of aromatic nitrogens is 2. The van der Waals surface area contributed by atoms with Crippen molar-refractivity contribution < 1.29 is 9.15 Å². The van der Waals surface area contributed by atoms with Gasteiger partial charge in [0.05, 0.1) is 5.92 Å². The molecule has 0 amide bonds. The minimum atomic E-state index is 0.218. The summed E-state index contributed by atoms with van der Waals surface area (Å²) in [6.45, 7) is 5.66. The molecule has 1 spiro atoms. The number of rotatable bonds is 2. The Morgan fingerprint density at radius 1 is 1.14 bits per heavy atom. The van der Waals surface area contributed by atoms with Gasteiger partial charge in [0.25, 0.3) is 0 Å². The Hall–Kier alpha value is -1.72. The molecular weight excluding hydrogens is 278 g/mol. The van der Waals surface area contributed by atoms with Crippen molar-refractivity contribution in [2.45, 2.75) is 25.7 Å². The molecule has 4 rings (SSSR count). The lowest BCUT2D eigenvalue weighted by Crippen LogP contribution is -2.35. The summed E-state index contributed by atoms with van der Waals surface area (Å²) in [5.74, 6) is 1.68. The predicted molar refractivity (Wildman–Crippen MR) is 82.6 cm³/mol. The zero-order valence-electron chi connectivity index (χ0n) is 12.8. The van der Waals surface area contributed by atoms with Crippen LogP contribution in [0.25, 0.3) is 11.5 Å². The molecule has 5 heteroatoms. The maximum atomic E-state index is 6.02. The average molecular weight is 299 g/mol. The summed E-state index contributed by atoms with van der Waals surface area (Å²) in [6, 6.07) is 8.19. The van der Waals surface area contributed by atoms with Crippen LogP contribution in [0, 0.1) is 12.3 Å². The maximum Gasteiger partial charge on any atom is 0.247 e. The van der Waals surface area contributed by atoms with E-state index in [1.807, 2.05) is 12.1 Å². The van der Waals surface area contributed by atoms with E-state index in [9.17, 15) is 0 Å². The van der Waals surface area contributed by atoms with Crippen LogP contribution in [0.15, 0.2) is 28.7 Å². The number of nitrogens with zero attached hydrogens (tertiary/aromatic N) is 2. The van der Waals surface area contributed by atoms with Crippen LogP contribution in [0.2, 0.25) is 0 Å². The zero-order chi connectivity index (χ0) is 15.0. The van der Waals surface area contributed by atoms with Crippen molar-refractivity contribution >= 4 is 0 Å². The van der Waals surface area contributed by atoms with Gasteiger partial charge in [-0.05, 0) is 37.3 Å². The molecule has 2 saturated heterocycles. The van der Waals surface area contributed by atoms with Gasteiger partial charge in [-0.1, -0.05) is 17.7 Å². The lowest BCUT2D eigenvalue weighted by atomic mass is 9.72. The van der Waals surface area contributed by atoms with E-state index in [0.717, 1.165) is 50.6 Å². The zero-order valence-corrected chi connectivity index (χ0v) is 12.8. The first-order chi connectivity index (χ1) is 10.8. The largest absolute Gasteiger partial charge is 0.420 e. The van der Waals surface area contributed by atoms with E-state index in [1.54, 1.807) is 0 Å². The summed E-state index contributed by atoms with van der Waals surface area (Å²) >= 11 is 0. The number of benzene rings is 1. The van der Waals surface area contributed by atoms with Crippen LogP contribution in [-0.4, -0.2) is 36.5 Å². The second-order valence-electron chi connectivity index (χ2n) is 6.47. The highest BCUT2D eigenvalue weighted by atomic mass is 16.5. The van der Waals surface area contributed by atoms with Crippen LogP contribution in [-0.2, 0) is 4.74 Å². The highest BCUT2D eigenvalue weighted by molar-refractivity contribution is 5.52. The number of hydrogen-bond donors (Lipinski definition) is 1. The van der Waals surface area contributed by atoms with E-state index in [2.05, 4.69) is 34.6 Å². The second-order valence-corrected chi connectivity index (χ2v) is 6.47. The van der Waals surface area contributed by atoms with E-state index in [4.69, 9.17) is 9.15 Å². The fourth-order valence-corrected chi connectivity index (χ4v) is 3.65. The molecule has 1 N–H and O–H groups in total. The van der Waals surface area contributed by atoms with Gasteiger partial charge in [-0.3, -0.25) is 0 Å². The monoisotopic (exact) mass is 299 g/mol. The van der Waals surface area contributed by atoms with Crippen molar-refractivity contribution in [3.05, 3.63) is 35.7 Å². The third-order valence-electron chi connectivity index (χ3n) is 5.09. The van der Waals surface area contributed by atoms with Gasteiger partial charge in [-0.25, -0.2) is 0 Å². The Kier molecular flexibility index (Phi) is 3.47. The van der Waals surface area contributed by atoms with Gasteiger partial charge in [-0.2, -0.15) is 0 Å². The molecule has 1 atom stereocenters. The minimum absolute atomic E-state index is 0.218. The Labute approximate surface area is 130 Å². The molecule has 0 bridgehead atoms. The maximum absolute atomic E-state index is 6.02. The van der Waals surface area contributed by atoms with Crippen molar-refractivity contribution in [3.8, 4) is 11.5 Å². The topological polar surface area (TPSA) is 60.2 Å². The first-order valence-electron chi connectivity index (χ1n) is 7.96. The molecule has 1 aromatic heterocycles. The normalized spacial score (nSPS) is 24.0. The molecule has 3 heterocycles. The molecule has 0 aliphatic carbocycles. The van der Waals surface area contributed by atoms with Gasteiger partial charge in [0.2, 0.25) is 11.8 Å². The van der Waals surface area contributed by atoms with Crippen molar-refractivity contribution in [2.24, 2.45) is 5.41 Å². The van der Waals surface area contributed by atoms with E-state index >= 15 is 0 Å². The van der Waals surface area contributed by atoms with Crippen molar-refractivity contribution in [1.82, 2.24) is 15.5 Å². The van der Waals surface area contributed by atoms with Gasteiger partial charge in [-0.15, -0.1) is 10.2 Å². The highest BCUT2D eigenvalue weighted by Crippen LogP contribution is 2.46. The van der Waals surface area contributed by atoms with Crippen LogP contribution < -0.4 is 5.32 Å². The highest BCUT2D eigenvalue weighted by Gasteiger charge is 2.47. The Balaban J connectivity index is 1.62. The molecule has 5 nitrogen and oxygen atoms in total. The third kappa shape index (κ3) is 2.34. The summed E-state index contributed by atoms with van der Waals surface area (Å²) in [4.78, 5) is 0. The summed E-state index contributed by atoms with van der Waals surface area (Å²) in [5.41, 5.74) is 2.43. The van der Waals surface area contributed by atoms with E-state index in [1.165, 1.54) is 5.56 Å². The minimum Gasteiger partial charge on any atom is -0.420 e. The van der Waals surface area contributed by atoms with Gasteiger partial charge < -0.3 is 14.5 Å². The Bertz CT molecular complexity index is 644. The molecule has 2 aromatic rings. The Morgan fingerprint density at radius 3 is 2.68 bits per heavy atom. The third-order valence-corrected chi connectivity index (χ3v) is 5.09. The summed E-state index contributed by atoms with van der Waals surface area (Å²) in [5, 5.41) is 12.1. The number of hydrogen-bond acceptors (Lipinski definition) is 5. The molecule has 0 saturated carbocycles. The van der Waals surface area contributed by atoms with Crippen LogP contribution >= 0.6 is 0 Å². The predicted octanol–water partition coefficient (Wildman–Crippen LogP) is 2.53. The van der Waals surface area contributed by atoms with Crippen LogP contribution in [0.4, 0.5) is 0 Å². The quantitative estimate of drug-likeness (QED) is 0.923. The van der Waals surface area contributed by atoms with Gasteiger partial charge in [0, 0.05) is 31.9 Å². The molecule has 2 fully saturated rings. The number of aryl methyl sites for hydroxylation is 1. The fraction of sp³-hybridized carbons (Fsp3) is 0.529. The molecular formula is C17H21N3O2. The first-order valence-corrected chi connectivity index (χ1v) is 7.96. The van der Waals surface area contributed by atoms with E-state index < -0.39 is 0 Å². The number of nitrogens with one attached hydrogen (secondary N) is 1. The van der Waals surface area contributed by atoms with Crippen LogP contribution in [0.5, 0.6) is 0 Å². The van der Waals surface area contributed by atoms with Crippen LogP contribution in [0.3, 0.4) is 0 Å². The van der Waals surface area contributed by atoms with Crippen molar-refractivity contribution in [1.29, 1.82) is 0 Å². The van der Waals surface area contributed by atoms with Crippen molar-refractivity contribution in [2.75, 3.05) is 26.3 Å². The summed E-state index contributed by atoms with van der Waals surface area (Å²) in [7, 11) is 0. The molecule has 22 heavy (non-hydrogen) atoms. The standard InChI is InChI=1S/C17H21N3O2/c1-12-2-4-13(5-3-12)15-19-20-16(22-15)14-10-18-11-17(14)6-8-21-9-7-17/h2-5,14,18H,6-11H2,1H3/t14-/m0/s1. The number of ether oxygens (including phenoxy) is 1. The summed E-state index contributed by atoms with van der Waals surface area (Å²) < 4.78 is 11.5. The lowest BCUT2D eigenvalue weighted by molar-refractivity contribution is 0.0130. The van der Waals surface area contributed by atoms with Gasteiger partial charge in [0.1, 0.15) is 0 Å². The van der Waals surface area contributed by atoms with Gasteiger partial charge >= 0.3 is 0 Å². The Morgan fingerprint density at radius 2 is 1.91 bits per heavy atom. The molecule has 0 radical (unpaired) electrons. The molecule has 1 aromatic carbocycles. The molecule has 0 unspecified atom stereocenters. The lowest BCUT2D eigenvalue weighted by Gasteiger charge is -2.36. The summed E-state index contributed by atoms with van der Waals surface area (Å²) in [6.07, 6.45) is 2.12. The smallest absolute Gasteiger partial charge is 0.247 e. The second kappa shape index (κ2) is 5.48. The SMILES string of the molecule is Cc1ccc(-c2nnc([C@@H]3CNCC34CCOCC4)o2)cc1. The average Bonchev–Trinajstić information content (AvgIpc) is 3.16. The fourth-order valence-electron chi connectivity index (χ4n) is 3.65. The van der Waals surface area contributed by atoms with E-state index in [-0.39, 0.29) is 5.41 Å².